The van der Waals surface area contributed by atoms with Crippen molar-refractivity contribution in [3.63, 3.8) is 0 Å². The molecular weight excluding hydrogens is 354 g/mol. The molecule has 0 spiro atoms. The van der Waals surface area contributed by atoms with Crippen LogP contribution in [-0.4, -0.2) is 11.0 Å². The van der Waals surface area contributed by atoms with Crippen LogP contribution in [0.1, 0.15) is 26.3 Å². The van der Waals surface area contributed by atoms with E-state index in [-0.39, 0.29) is 10.7 Å². The Morgan fingerprint density at radius 1 is 1.42 bits per heavy atom. The molecule has 1 heterocycles. The second-order valence-electron chi connectivity index (χ2n) is 6.30. The molecule has 0 aliphatic heterocycles. The molecule has 5 heteroatoms. The van der Waals surface area contributed by atoms with Gasteiger partial charge in [0.25, 0.3) is 0 Å². The Kier molecular flexibility index (Phi) is 6.95. The molecule has 24 heavy (non-hydrogen) atoms. The highest BCUT2D eigenvalue weighted by Gasteiger charge is 2.23. The van der Waals surface area contributed by atoms with Gasteiger partial charge in [0.2, 0.25) is 0 Å². The summed E-state index contributed by atoms with van der Waals surface area (Å²) < 4.78 is 1.24. The molecule has 1 N–H and O–H groups in total. The Labute approximate surface area is 158 Å². The molecule has 0 aliphatic carbocycles. The second-order valence-corrected chi connectivity index (χ2v) is 8.71. The lowest BCUT2D eigenvalue weighted by Gasteiger charge is -2.25. The van der Waals surface area contributed by atoms with Crippen molar-refractivity contribution < 1.29 is 4.84 Å². The number of benzene rings is 1. The molecule has 126 valence electrons. The number of thiol groups is 1. The van der Waals surface area contributed by atoms with Crippen LogP contribution >= 0.6 is 35.7 Å². The SMILES string of the molecule is C#CC(Sc1ccc2scc(CONC#CCS)c2c1)C(C)(C)C. The van der Waals surface area contributed by atoms with Gasteiger partial charge < -0.3 is 0 Å². The minimum Gasteiger partial charge on any atom is -0.264 e. The van der Waals surface area contributed by atoms with E-state index in [1.54, 1.807) is 23.1 Å². The summed E-state index contributed by atoms with van der Waals surface area (Å²) in [5, 5.41) is 3.46. The first-order valence-corrected chi connectivity index (χ1v) is 9.93. The second kappa shape index (κ2) is 8.74. The van der Waals surface area contributed by atoms with Crippen LogP contribution in [0.15, 0.2) is 28.5 Å². The number of thioether (sulfide) groups is 1. The van der Waals surface area contributed by atoms with E-state index in [1.807, 2.05) is 0 Å². The molecule has 0 amide bonds. The third kappa shape index (κ3) is 5.13. The Morgan fingerprint density at radius 2 is 2.21 bits per heavy atom. The average molecular weight is 376 g/mol. The molecule has 0 radical (unpaired) electrons. The van der Waals surface area contributed by atoms with Crippen molar-refractivity contribution in [1.29, 1.82) is 0 Å². The van der Waals surface area contributed by atoms with Crippen molar-refractivity contribution in [2.24, 2.45) is 5.41 Å². The third-order valence-corrected chi connectivity index (χ3v) is 6.11. The lowest BCUT2D eigenvalue weighted by Crippen LogP contribution is -2.21. The first-order chi connectivity index (χ1) is 11.5. The summed E-state index contributed by atoms with van der Waals surface area (Å²) in [5.74, 6) is 6.19. The fourth-order valence-electron chi connectivity index (χ4n) is 2.07. The van der Waals surface area contributed by atoms with Crippen LogP contribution in [0.2, 0.25) is 0 Å². The van der Waals surface area contributed by atoms with Crippen molar-refractivity contribution in [3.8, 4) is 24.3 Å². The molecular formula is C19H21NOS3. The molecule has 0 saturated carbocycles. The highest BCUT2D eigenvalue weighted by Crippen LogP contribution is 2.37. The molecule has 1 aromatic heterocycles. The van der Waals surface area contributed by atoms with Crippen molar-refractivity contribution in [2.45, 2.75) is 37.5 Å². The van der Waals surface area contributed by atoms with Gasteiger partial charge in [0.1, 0.15) is 6.61 Å². The number of nitrogens with one attached hydrogen (secondary N) is 1. The van der Waals surface area contributed by atoms with Crippen LogP contribution in [0.5, 0.6) is 0 Å². The Morgan fingerprint density at radius 3 is 2.88 bits per heavy atom. The molecule has 2 rings (SSSR count). The first kappa shape index (κ1) is 19.1. The van der Waals surface area contributed by atoms with Crippen LogP contribution in [-0.2, 0) is 11.4 Å². The topological polar surface area (TPSA) is 21.3 Å². The van der Waals surface area contributed by atoms with Gasteiger partial charge in [-0.1, -0.05) is 32.6 Å². The van der Waals surface area contributed by atoms with Crippen molar-refractivity contribution in [2.75, 3.05) is 5.75 Å². The van der Waals surface area contributed by atoms with Gasteiger partial charge >= 0.3 is 0 Å². The fourth-order valence-corrected chi connectivity index (χ4v) is 4.10. The quantitative estimate of drug-likeness (QED) is 0.193. The van der Waals surface area contributed by atoms with Crippen LogP contribution in [0, 0.1) is 29.7 Å². The summed E-state index contributed by atoms with van der Waals surface area (Å²) in [6.45, 7) is 6.98. The van der Waals surface area contributed by atoms with Gasteiger partial charge in [-0.2, -0.15) is 12.6 Å². The van der Waals surface area contributed by atoms with Crippen molar-refractivity contribution in [3.05, 3.63) is 29.1 Å². The van der Waals surface area contributed by atoms with Gasteiger partial charge in [-0.05, 0) is 39.9 Å². The molecule has 1 atom stereocenters. The highest BCUT2D eigenvalue weighted by atomic mass is 32.2. The van der Waals surface area contributed by atoms with E-state index in [0.717, 1.165) is 5.56 Å². The number of hydroxylamine groups is 1. The predicted octanol–water partition coefficient (Wildman–Crippen LogP) is 4.95. The van der Waals surface area contributed by atoms with Crippen LogP contribution in [0.4, 0.5) is 0 Å². The van der Waals surface area contributed by atoms with Gasteiger partial charge in [-0.15, -0.1) is 29.5 Å². The molecule has 0 bridgehead atoms. The maximum Gasteiger partial charge on any atom is 0.102 e. The van der Waals surface area contributed by atoms with Gasteiger partial charge in [0.05, 0.1) is 11.0 Å². The Bertz CT molecular complexity index is 787. The standard InChI is InChI=1S/C19H21NOS3/c1-5-18(19(2,3)4)24-15-7-8-17-16(11-15)14(13-23-17)12-21-20-9-6-10-22/h1,7-8,11,13,18,20,22H,10,12H2,2-4H3. The fraction of sp³-hybridized carbons (Fsp3) is 0.368. The van der Waals surface area contributed by atoms with Crippen LogP contribution < -0.4 is 5.48 Å². The van der Waals surface area contributed by atoms with Crippen molar-refractivity contribution >= 4 is 45.8 Å². The lowest BCUT2D eigenvalue weighted by atomic mass is 9.92. The van der Waals surface area contributed by atoms with E-state index in [2.05, 4.69) is 80.3 Å². The van der Waals surface area contributed by atoms with Gasteiger partial charge in [-0.3, -0.25) is 4.84 Å². The monoisotopic (exact) mass is 375 g/mol. The number of hydrogen-bond acceptors (Lipinski definition) is 5. The van der Waals surface area contributed by atoms with Crippen molar-refractivity contribution in [1.82, 2.24) is 5.48 Å². The van der Waals surface area contributed by atoms with Gasteiger partial charge in [-0.25, -0.2) is 5.48 Å². The third-order valence-electron chi connectivity index (χ3n) is 3.34. The van der Waals surface area contributed by atoms with Crippen LogP contribution in [0.3, 0.4) is 0 Å². The molecule has 1 unspecified atom stereocenters. The number of fused-ring (bicyclic) bond motifs is 1. The molecule has 2 nitrogen and oxygen atoms in total. The van der Waals surface area contributed by atoms with E-state index in [0.29, 0.717) is 12.4 Å². The zero-order valence-electron chi connectivity index (χ0n) is 14.1. The lowest BCUT2D eigenvalue weighted by molar-refractivity contribution is 0.0652. The minimum atomic E-state index is 0.0601. The predicted molar refractivity (Wildman–Crippen MR) is 109 cm³/mol. The molecule has 0 aliphatic rings. The summed E-state index contributed by atoms with van der Waals surface area (Å²) >= 11 is 7.47. The van der Waals surface area contributed by atoms with E-state index in [9.17, 15) is 0 Å². The summed E-state index contributed by atoms with van der Waals surface area (Å²) in [4.78, 5) is 6.58. The Balaban J connectivity index is 2.14. The zero-order valence-corrected chi connectivity index (χ0v) is 16.6. The highest BCUT2D eigenvalue weighted by molar-refractivity contribution is 8.00. The molecule has 2 aromatic rings. The van der Waals surface area contributed by atoms with Crippen LogP contribution in [0.25, 0.3) is 10.1 Å². The molecule has 0 fully saturated rings. The summed E-state index contributed by atoms with van der Waals surface area (Å²) in [7, 11) is 0. The number of thiophene rings is 1. The maximum absolute atomic E-state index is 5.72. The maximum atomic E-state index is 5.72. The van der Waals surface area contributed by atoms with E-state index >= 15 is 0 Å². The average Bonchev–Trinajstić information content (AvgIpc) is 2.94. The summed E-state index contributed by atoms with van der Waals surface area (Å²) in [5.41, 5.74) is 3.83. The largest absolute Gasteiger partial charge is 0.264 e. The van der Waals surface area contributed by atoms with Gasteiger partial charge in [0, 0.05) is 15.6 Å². The van der Waals surface area contributed by atoms with Gasteiger partial charge in [0.15, 0.2) is 0 Å². The normalized spacial score (nSPS) is 12.3. The molecule has 0 saturated heterocycles. The summed E-state index contributed by atoms with van der Waals surface area (Å²) in [6.07, 6.45) is 5.72. The Hall–Kier alpha value is -1.24. The summed E-state index contributed by atoms with van der Waals surface area (Å²) in [6, 6.07) is 9.17. The zero-order chi connectivity index (χ0) is 17.6. The van der Waals surface area contributed by atoms with E-state index < -0.39 is 0 Å². The number of terminal acetylenes is 1. The molecule has 1 aromatic carbocycles. The van der Waals surface area contributed by atoms with E-state index in [4.69, 9.17) is 11.3 Å². The minimum absolute atomic E-state index is 0.0601. The number of hydrogen-bond donors (Lipinski definition) is 2. The number of rotatable bonds is 5. The first-order valence-electron chi connectivity index (χ1n) is 7.54. The smallest absolute Gasteiger partial charge is 0.102 e. The van der Waals surface area contributed by atoms with E-state index in [1.165, 1.54) is 15.0 Å².